The number of aryl methyl sites for hydroxylation is 1. The van der Waals surface area contributed by atoms with Crippen LogP contribution in [0.3, 0.4) is 0 Å². The van der Waals surface area contributed by atoms with Gasteiger partial charge in [0.25, 0.3) is 0 Å². The second-order valence-electron chi connectivity index (χ2n) is 8.96. The zero-order valence-electron chi connectivity index (χ0n) is 19.5. The number of carbonyl (C=O) groups is 1. The molecule has 8 heteroatoms. The van der Waals surface area contributed by atoms with Crippen LogP contribution in [-0.2, 0) is 11.2 Å². The molecule has 0 saturated carbocycles. The first-order valence-corrected chi connectivity index (χ1v) is 12.1. The summed E-state index contributed by atoms with van der Waals surface area (Å²) in [5, 5.41) is 9.06. The molecular weight excluding hydrogens is 416 g/mol. The number of nitrogens with one attached hydrogen (secondary N) is 1. The van der Waals surface area contributed by atoms with Crippen LogP contribution >= 0.6 is 0 Å². The number of ether oxygens (including phenoxy) is 1. The Bertz CT molecular complexity index is 1110. The zero-order chi connectivity index (χ0) is 22.8. The molecule has 4 heterocycles. The van der Waals surface area contributed by atoms with Gasteiger partial charge in [-0.3, -0.25) is 4.79 Å². The summed E-state index contributed by atoms with van der Waals surface area (Å²) in [5.41, 5.74) is 2.68. The Kier molecular flexibility index (Phi) is 6.26. The fourth-order valence-electron chi connectivity index (χ4n) is 5.08. The maximum Gasteiger partial charge on any atom is 0.228 e. The predicted molar refractivity (Wildman–Crippen MR) is 127 cm³/mol. The highest BCUT2D eigenvalue weighted by Crippen LogP contribution is 2.33. The van der Waals surface area contributed by atoms with Gasteiger partial charge in [-0.15, -0.1) is 0 Å². The maximum atomic E-state index is 12.9. The van der Waals surface area contributed by atoms with E-state index < -0.39 is 0 Å². The van der Waals surface area contributed by atoms with Gasteiger partial charge >= 0.3 is 0 Å². The minimum Gasteiger partial charge on any atom is -0.480 e. The Morgan fingerprint density at radius 2 is 1.82 bits per heavy atom. The van der Waals surface area contributed by atoms with E-state index >= 15 is 0 Å². The van der Waals surface area contributed by atoms with Gasteiger partial charge in [-0.25, -0.2) is 9.67 Å². The summed E-state index contributed by atoms with van der Waals surface area (Å²) in [5.74, 6) is 2.06. The highest BCUT2D eigenvalue weighted by molar-refractivity contribution is 5.85. The molecule has 0 unspecified atom stereocenters. The molecular formula is C25H32N6O2. The number of benzene rings is 1. The van der Waals surface area contributed by atoms with Gasteiger partial charge in [-0.05, 0) is 57.3 Å². The molecule has 5 rings (SSSR count). The summed E-state index contributed by atoms with van der Waals surface area (Å²) in [6.45, 7) is 5.48. The van der Waals surface area contributed by atoms with Crippen molar-refractivity contribution in [2.24, 2.45) is 5.92 Å². The first-order chi connectivity index (χ1) is 16.2. The molecule has 0 radical (unpaired) electrons. The summed E-state index contributed by atoms with van der Waals surface area (Å²) in [6.07, 6.45) is 4.39. The summed E-state index contributed by atoms with van der Waals surface area (Å²) in [7, 11) is 1.66. The average molecular weight is 449 g/mol. The van der Waals surface area contributed by atoms with Gasteiger partial charge < -0.3 is 15.0 Å². The fraction of sp³-hybridized carbons (Fsp3) is 0.520. The van der Waals surface area contributed by atoms with Crippen molar-refractivity contribution in [3.05, 3.63) is 41.9 Å². The van der Waals surface area contributed by atoms with Crippen molar-refractivity contribution >= 4 is 16.9 Å². The van der Waals surface area contributed by atoms with Crippen LogP contribution in [0, 0.1) is 5.92 Å². The van der Waals surface area contributed by atoms with E-state index in [1.54, 1.807) is 7.11 Å². The van der Waals surface area contributed by atoms with E-state index in [1.165, 1.54) is 0 Å². The average Bonchev–Trinajstić information content (AvgIpc) is 3.27. The fourth-order valence-corrected chi connectivity index (χ4v) is 5.08. The third-order valence-electron chi connectivity index (χ3n) is 6.97. The number of fused-ring (bicyclic) bond motifs is 1. The number of hydrogen-bond acceptors (Lipinski definition) is 6. The first kappa shape index (κ1) is 21.8. The lowest BCUT2D eigenvalue weighted by molar-refractivity contribution is -0.137. The summed E-state index contributed by atoms with van der Waals surface area (Å²) in [6, 6.07) is 10.1. The first-order valence-electron chi connectivity index (χ1n) is 12.1. The molecule has 2 aromatic heterocycles. The SMILES string of the molecule is CCc1nn(-c2ccccc2)c2nc(C3CCN(C(=O)C4CCNCC4)CC3)nc(OC)c12. The molecule has 174 valence electrons. The summed E-state index contributed by atoms with van der Waals surface area (Å²) < 4.78 is 7.61. The molecule has 2 saturated heterocycles. The summed E-state index contributed by atoms with van der Waals surface area (Å²) >= 11 is 0. The molecule has 33 heavy (non-hydrogen) atoms. The topological polar surface area (TPSA) is 85.2 Å². The van der Waals surface area contributed by atoms with E-state index in [-0.39, 0.29) is 11.8 Å². The highest BCUT2D eigenvalue weighted by atomic mass is 16.5. The number of likely N-dealkylation sites (tertiary alicyclic amines) is 1. The quantitative estimate of drug-likeness (QED) is 0.646. The Balaban J connectivity index is 1.42. The molecule has 8 nitrogen and oxygen atoms in total. The predicted octanol–water partition coefficient (Wildman–Crippen LogP) is 3.09. The van der Waals surface area contributed by atoms with Gasteiger partial charge in [0.05, 0.1) is 18.5 Å². The minimum atomic E-state index is 0.170. The van der Waals surface area contributed by atoms with Crippen LogP contribution in [-0.4, -0.2) is 63.8 Å². The normalized spacial score (nSPS) is 18.1. The van der Waals surface area contributed by atoms with E-state index in [2.05, 4.69) is 12.2 Å². The lowest BCUT2D eigenvalue weighted by atomic mass is 9.92. The van der Waals surface area contributed by atoms with Crippen molar-refractivity contribution < 1.29 is 9.53 Å². The van der Waals surface area contributed by atoms with Crippen LogP contribution in [0.5, 0.6) is 5.88 Å². The number of para-hydroxylation sites is 1. The molecule has 0 atom stereocenters. The van der Waals surface area contributed by atoms with E-state index in [0.29, 0.717) is 11.8 Å². The smallest absolute Gasteiger partial charge is 0.228 e. The lowest BCUT2D eigenvalue weighted by Gasteiger charge is -2.34. The van der Waals surface area contributed by atoms with Crippen LogP contribution < -0.4 is 10.1 Å². The van der Waals surface area contributed by atoms with Crippen molar-refractivity contribution in [2.75, 3.05) is 33.3 Å². The third kappa shape index (κ3) is 4.19. The van der Waals surface area contributed by atoms with Crippen molar-refractivity contribution in [3.8, 4) is 11.6 Å². The largest absolute Gasteiger partial charge is 0.480 e. The van der Waals surface area contributed by atoms with Gasteiger partial charge in [0, 0.05) is 24.9 Å². The molecule has 1 aromatic carbocycles. The molecule has 1 amide bonds. The molecule has 2 aliphatic heterocycles. The molecule has 0 aliphatic carbocycles. The number of aromatic nitrogens is 4. The van der Waals surface area contributed by atoms with Crippen molar-refractivity contribution in [1.82, 2.24) is 30.0 Å². The number of amides is 1. The Morgan fingerprint density at radius 1 is 1.09 bits per heavy atom. The lowest BCUT2D eigenvalue weighted by Crippen LogP contribution is -2.44. The van der Waals surface area contributed by atoms with Gasteiger partial charge in [0.15, 0.2) is 5.65 Å². The van der Waals surface area contributed by atoms with Gasteiger partial charge in [-0.2, -0.15) is 10.1 Å². The van der Waals surface area contributed by atoms with E-state index in [1.807, 2.05) is 39.9 Å². The van der Waals surface area contributed by atoms with Crippen molar-refractivity contribution in [1.29, 1.82) is 0 Å². The third-order valence-corrected chi connectivity index (χ3v) is 6.97. The van der Waals surface area contributed by atoms with E-state index in [0.717, 1.165) is 86.5 Å². The molecule has 0 spiro atoms. The Labute approximate surface area is 194 Å². The van der Waals surface area contributed by atoms with Crippen LogP contribution in [0.4, 0.5) is 0 Å². The monoisotopic (exact) mass is 448 g/mol. The standard InChI is InChI=1S/C25H32N6O2/c1-3-20-21-23(31(29-20)19-7-5-4-6-8-19)27-22(28-24(21)33-2)17-11-15-30(16-12-17)25(32)18-9-13-26-14-10-18/h4-8,17-18,26H,3,9-16H2,1-2H3. The number of nitrogens with zero attached hydrogens (tertiary/aromatic N) is 5. The Hall–Kier alpha value is -3.00. The second kappa shape index (κ2) is 9.47. The summed E-state index contributed by atoms with van der Waals surface area (Å²) in [4.78, 5) is 24.8. The molecule has 2 aliphatic rings. The number of hydrogen-bond donors (Lipinski definition) is 1. The maximum absolute atomic E-state index is 12.9. The van der Waals surface area contributed by atoms with Gasteiger partial charge in [0.1, 0.15) is 11.2 Å². The van der Waals surface area contributed by atoms with Gasteiger partial charge in [0.2, 0.25) is 11.8 Å². The minimum absolute atomic E-state index is 0.170. The number of rotatable bonds is 5. The second-order valence-corrected chi connectivity index (χ2v) is 8.96. The van der Waals surface area contributed by atoms with Crippen molar-refractivity contribution in [3.63, 3.8) is 0 Å². The van der Waals surface area contributed by atoms with Crippen LogP contribution in [0.25, 0.3) is 16.7 Å². The highest BCUT2D eigenvalue weighted by Gasteiger charge is 2.31. The number of carbonyl (C=O) groups excluding carboxylic acids is 1. The Morgan fingerprint density at radius 3 is 2.48 bits per heavy atom. The van der Waals surface area contributed by atoms with E-state index in [9.17, 15) is 4.79 Å². The zero-order valence-corrected chi connectivity index (χ0v) is 19.5. The van der Waals surface area contributed by atoms with Crippen molar-refractivity contribution in [2.45, 2.75) is 44.9 Å². The molecule has 3 aromatic rings. The molecule has 2 fully saturated rings. The van der Waals surface area contributed by atoms with Crippen LogP contribution in [0.15, 0.2) is 30.3 Å². The van der Waals surface area contributed by atoms with E-state index in [4.69, 9.17) is 19.8 Å². The number of piperidine rings is 2. The molecule has 0 bridgehead atoms. The van der Waals surface area contributed by atoms with Gasteiger partial charge in [-0.1, -0.05) is 25.1 Å². The van der Waals surface area contributed by atoms with Crippen LogP contribution in [0.2, 0.25) is 0 Å². The van der Waals surface area contributed by atoms with Crippen LogP contribution in [0.1, 0.15) is 50.0 Å². The molecule has 1 N–H and O–H groups in total. The number of methoxy groups -OCH3 is 1.